The highest BCUT2D eigenvalue weighted by Crippen LogP contribution is 2.60. The molecule has 0 aromatic heterocycles. The highest BCUT2D eigenvalue weighted by molar-refractivity contribution is 5.35. The largest absolute Gasteiger partial charge is 0.393 e. The second-order valence-corrected chi connectivity index (χ2v) is 11.6. The smallest absolute Gasteiger partial charge is 0.0616 e. The van der Waals surface area contributed by atoms with Gasteiger partial charge in [-0.25, -0.2) is 0 Å². The number of allylic oxidation sites excluding steroid dienone is 5. The van der Waals surface area contributed by atoms with Crippen LogP contribution >= 0.6 is 0 Å². The minimum Gasteiger partial charge on any atom is -0.393 e. The first kappa shape index (κ1) is 23.8. The van der Waals surface area contributed by atoms with Crippen molar-refractivity contribution >= 4 is 0 Å². The average Bonchev–Trinajstić information content (AvgIpc) is 3.02. The summed E-state index contributed by atoms with van der Waals surface area (Å²) in [7, 11) is 0. The molecule has 3 saturated carbocycles. The molecule has 0 spiro atoms. The Hall–Kier alpha value is -0.860. The molecule has 3 rings (SSSR count). The quantitative estimate of drug-likeness (QED) is 0.465. The summed E-state index contributed by atoms with van der Waals surface area (Å²) in [6.07, 6.45) is 18.4. The van der Waals surface area contributed by atoms with Gasteiger partial charge in [-0.3, -0.25) is 0 Å². The van der Waals surface area contributed by atoms with Crippen LogP contribution in [-0.2, 0) is 0 Å². The van der Waals surface area contributed by atoms with Crippen molar-refractivity contribution in [1.82, 2.24) is 0 Å². The molecule has 3 fully saturated rings. The summed E-state index contributed by atoms with van der Waals surface area (Å²) >= 11 is 0. The highest BCUT2D eigenvalue weighted by Gasteiger charge is 2.50. The van der Waals surface area contributed by atoms with Crippen molar-refractivity contribution in [3.8, 4) is 0 Å². The zero-order valence-corrected chi connectivity index (χ0v) is 20.1. The molecule has 0 aromatic rings. The molecule has 0 heterocycles. The summed E-state index contributed by atoms with van der Waals surface area (Å²) in [6.45, 7) is 12.8. The molecule has 0 aliphatic heterocycles. The van der Waals surface area contributed by atoms with Crippen LogP contribution in [0.3, 0.4) is 0 Å². The van der Waals surface area contributed by atoms with Crippen molar-refractivity contribution in [2.24, 2.45) is 23.2 Å². The molecule has 5 atom stereocenters. The monoisotopic (exact) mass is 414 g/mol. The van der Waals surface area contributed by atoms with E-state index in [4.69, 9.17) is 0 Å². The summed E-state index contributed by atoms with van der Waals surface area (Å²) in [5, 5.41) is 20.3. The Balaban J connectivity index is 1.64. The van der Waals surface area contributed by atoms with Crippen molar-refractivity contribution in [2.75, 3.05) is 0 Å². The fourth-order valence-corrected chi connectivity index (χ4v) is 6.95. The number of rotatable bonds is 7. The van der Waals surface area contributed by atoms with E-state index in [1.807, 2.05) is 0 Å². The summed E-state index contributed by atoms with van der Waals surface area (Å²) in [6, 6.07) is 0. The predicted octanol–water partition coefficient (Wildman–Crippen LogP) is 7.12. The van der Waals surface area contributed by atoms with Crippen LogP contribution in [0.5, 0.6) is 0 Å². The van der Waals surface area contributed by atoms with E-state index in [9.17, 15) is 10.2 Å². The van der Waals surface area contributed by atoms with E-state index in [-0.39, 0.29) is 0 Å². The number of fused-ring (bicyclic) bond motifs is 1. The topological polar surface area (TPSA) is 40.5 Å². The van der Waals surface area contributed by atoms with Crippen LogP contribution in [0.4, 0.5) is 0 Å². The van der Waals surface area contributed by atoms with Gasteiger partial charge in [0.15, 0.2) is 0 Å². The lowest BCUT2D eigenvalue weighted by molar-refractivity contribution is 0.0106. The zero-order valence-electron chi connectivity index (χ0n) is 20.1. The van der Waals surface area contributed by atoms with Gasteiger partial charge in [0, 0.05) is 6.42 Å². The molecule has 5 unspecified atom stereocenters. The van der Waals surface area contributed by atoms with Crippen molar-refractivity contribution < 1.29 is 10.2 Å². The average molecular weight is 415 g/mol. The van der Waals surface area contributed by atoms with Gasteiger partial charge >= 0.3 is 0 Å². The summed E-state index contributed by atoms with van der Waals surface area (Å²) in [5.41, 5.74) is 4.16. The maximum absolute atomic E-state index is 10.3. The van der Waals surface area contributed by atoms with E-state index in [1.165, 1.54) is 68.9 Å². The molecule has 0 saturated heterocycles. The van der Waals surface area contributed by atoms with Crippen molar-refractivity contribution in [3.63, 3.8) is 0 Å². The van der Waals surface area contributed by atoms with Crippen molar-refractivity contribution in [3.05, 3.63) is 35.5 Å². The third-order valence-corrected chi connectivity index (χ3v) is 8.54. The van der Waals surface area contributed by atoms with Gasteiger partial charge < -0.3 is 10.2 Å². The molecule has 0 radical (unpaired) electrons. The highest BCUT2D eigenvalue weighted by atomic mass is 16.3. The molecule has 2 N–H and O–H groups in total. The number of hydrogen-bond donors (Lipinski definition) is 2. The van der Waals surface area contributed by atoms with Gasteiger partial charge in [-0.15, -0.1) is 0 Å². The number of hydrogen-bond acceptors (Lipinski definition) is 2. The Labute approximate surface area is 185 Å². The fraction of sp³-hybridized carbons (Fsp3) is 0.786. The SMILES string of the molecule is C=C1CCCC/C1=C/C=C1\CCCC2(C)C1CCC2C(C)CCC(O)CC(C)(C)O. The second-order valence-electron chi connectivity index (χ2n) is 11.6. The second kappa shape index (κ2) is 9.74. The van der Waals surface area contributed by atoms with E-state index >= 15 is 0 Å². The maximum Gasteiger partial charge on any atom is 0.0616 e. The minimum atomic E-state index is -0.783. The zero-order chi connectivity index (χ0) is 21.9. The fourth-order valence-electron chi connectivity index (χ4n) is 6.95. The van der Waals surface area contributed by atoms with E-state index in [2.05, 4.69) is 32.6 Å². The number of aliphatic hydroxyl groups excluding tert-OH is 1. The first-order chi connectivity index (χ1) is 14.1. The number of aliphatic hydroxyl groups is 2. The molecule has 3 aliphatic carbocycles. The minimum absolute atomic E-state index is 0.394. The molecule has 2 nitrogen and oxygen atoms in total. The Kier molecular flexibility index (Phi) is 7.72. The lowest BCUT2D eigenvalue weighted by Gasteiger charge is -2.44. The Morgan fingerprint density at radius 2 is 1.83 bits per heavy atom. The van der Waals surface area contributed by atoms with Crippen LogP contribution in [0.15, 0.2) is 35.5 Å². The molecule has 30 heavy (non-hydrogen) atoms. The third kappa shape index (κ3) is 5.68. The van der Waals surface area contributed by atoms with E-state index in [0.29, 0.717) is 17.8 Å². The normalized spacial score (nSPS) is 34.9. The standard InChI is InChI=1S/C28H46O2/c1-20-9-6-7-10-22(20)13-14-23-11-8-18-28(5)25(16-17-26(23)28)21(2)12-15-24(29)19-27(3,4)30/h13-14,21,24-26,29-30H,1,6-12,15-19H2,2-5H3/b22-13-,23-14+. The molecular formula is C28H46O2. The van der Waals surface area contributed by atoms with Gasteiger partial charge in [-0.1, -0.05) is 43.7 Å². The van der Waals surface area contributed by atoms with Gasteiger partial charge in [0.1, 0.15) is 0 Å². The summed E-state index contributed by atoms with van der Waals surface area (Å²) in [5.74, 6) is 2.11. The molecular weight excluding hydrogens is 368 g/mol. The van der Waals surface area contributed by atoms with Gasteiger partial charge in [0.2, 0.25) is 0 Å². The lowest BCUT2D eigenvalue weighted by atomic mass is 9.60. The van der Waals surface area contributed by atoms with Gasteiger partial charge in [-0.05, 0) is 113 Å². The van der Waals surface area contributed by atoms with E-state index in [0.717, 1.165) is 24.7 Å². The molecule has 2 heteroatoms. The van der Waals surface area contributed by atoms with E-state index in [1.54, 1.807) is 19.4 Å². The molecule has 3 aliphatic rings. The molecule has 0 amide bonds. The third-order valence-electron chi connectivity index (χ3n) is 8.54. The van der Waals surface area contributed by atoms with Crippen molar-refractivity contribution in [1.29, 1.82) is 0 Å². The van der Waals surface area contributed by atoms with Gasteiger partial charge in [0.05, 0.1) is 11.7 Å². The molecule has 0 aromatic carbocycles. The lowest BCUT2D eigenvalue weighted by Crippen LogP contribution is -2.36. The van der Waals surface area contributed by atoms with Crippen LogP contribution in [0.1, 0.15) is 105 Å². The predicted molar refractivity (Wildman–Crippen MR) is 127 cm³/mol. The summed E-state index contributed by atoms with van der Waals surface area (Å²) in [4.78, 5) is 0. The van der Waals surface area contributed by atoms with Crippen LogP contribution < -0.4 is 0 Å². The van der Waals surface area contributed by atoms with Crippen LogP contribution in [0.25, 0.3) is 0 Å². The van der Waals surface area contributed by atoms with Crippen LogP contribution in [0.2, 0.25) is 0 Å². The maximum atomic E-state index is 10.3. The molecule has 170 valence electrons. The molecule has 0 bridgehead atoms. The van der Waals surface area contributed by atoms with Crippen LogP contribution in [-0.4, -0.2) is 21.9 Å². The first-order valence-corrected chi connectivity index (χ1v) is 12.6. The van der Waals surface area contributed by atoms with E-state index < -0.39 is 11.7 Å². The Morgan fingerprint density at radius 3 is 2.53 bits per heavy atom. The van der Waals surface area contributed by atoms with Crippen LogP contribution in [0, 0.1) is 23.2 Å². The van der Waals surface area contributed by atoms with Crippen molar-refractivity contribution in [2.45, 2.75) is 116 Å². The van der Waals surface area contributed by atoms with Gasteiger partial charge in [-0.2, -0.15) is 0 Å². The summed E-state index contributed by atoms with van der Waals surface area (Å²) < 4.78 is 0. The first-order valence-electron chi connectivity index (χ1n) is 12.6. The van der Waals surface area contributed by atoms with Gasteiger partial charge in [0.25, 0.3) is 0 Å². The Morgan fingerprint density at radius 1 is 1.10 bits per heavy atom. The Bertz CT molecular complexity index is 665.